The van der Waals surface area contributed by atoms with E-state index in [-0.39, 0.29) is 0 Å². The van der Waals surface area contributed by atoms with Crippen LogP contribution in [0.2, 0.25) is 0 Å². The molecular formula is C13H25NO. The Hall–Kier alpha value is -0.0800. The van der Waals surface area contributed by atoms with Crippen molar-refractivity contribution in [2.45, 2.75) is 69.9 Å². The summed E-state index contributed by atoms with van der Waals surface area (Å²) in [5, 5.41) is 3.69. The first-order valence-electron chi connectivity index (χ1n) is 6.80. The van der Waals surface area contributed by atoms with Crippen molar-refractivity contribution in [1.29, 1.82) is 0 Å². The quantitative estimate of drug-likeness (QED) is 0.772. The van der Waals surface area contributed by atoms with Gasteiger partial charge in [-0.2, -0.15) is 0 Å². The van der Waals surface area contributed by atoms with E-state index >= 15 is 0 Å². The minimum atomic E-state index is 0.551. The van der Waals surface area contributed by atoms with E-state index in [1.54, 1.807) is 0 Å². The van der Waals surface area contributed by atoms with E-state index in [9.17, 15) is 0 Å². The van der Waals surface area contributed by atoms with Crippen molar-refractivity contribution in [3.05, 3.63) is 0 Å². The molecule has 15 heavy (non-hydrogen) atoms. The molecule has 2 rings (SSSR count). The lowest BCUT2D eigenvalue weighted by Gasteiger charge is -2.26. The van der Waals surface area contributed by atoms with Crippen LogP contribution in [0, 0.1) is 0 Å². The van der Waals surface area contributed by atoms with E-state index in [1.165, 1.54) is 57.8 Å². The van der Waals surface area contributed by atoms with Gasteiger partial charge in [0.25, 0.3) is 0 Å². The molecule has 2 heteroatoms. The molecule has 1 atom stereocenters. The van der Waals surface area contributed by atoms with E-state index in [0.717, 1.165) is 19.2 Å². The summed E-state index contributed by atoms with van der Waals surface area (Å²) < 4.78 is 5.73. The summed E-state index contributed by atoms with van der Waals surface area (Å²) in [5.41, 5.74) is 0. The number of hydrogen-bond acceptors (Lipinski definition) is 2. The van der Waals surface area contributed by atoms with Gasteiger partial charge in [-0.1, -0.05) is 19.3 Å². The van der Waals surface area contributed by atoms with Crippen LogP contribution in [0.25, 0.3) is 0 Å². The van der Waals surface area contributed by atoms with Gasteiger partial charge in [0.15, 0.2) is 0 Å². The second-order valence-corrected chi connectivity index (χ2v) is 5.07. The van der Waals surface area contributed by atoms with E-state index in [2.05, 4.69) is 5.32 Å². The Balaban J connectivity index is 1.53. The summed E-state index contributed by atoms with van der Waals surface area (Å²) in [7, 11) is 0. The molecule has 0 aromatic rings. The topological polar surface area (TPSA) is 21.3 Å². The van der Waals surface area contributed by atoms with Crippen LogP contribution in [-0.2, 0) is 4.74 Å². The molecule has 88 valence electrons. The minimum Gasteiger partial charge on any atom is -0.378 e. The number of nitrogens with one attached hydrogen (secondary N) is 1. The molecular weight excluding hydrogens is 186 g/mol. The van der Waals surface area contributed by atoms with E-state index < -0.39 is 0 Å². The van der Waals surface area contributed by atoms with Gasteiger partial charge in [0.2, 0.25) is 0 Å². The third kappa shape index (κ3) is 4.12. The van der Waals surface area contributed by atoms with Crippen molar-refractivity contribution >= 4 is 0 Å². The first kappa shape index (κ1) is 11.4. The van der Waals surface area contributed by atoms with Gasteiger partial charge in [0, 0.05) is 12.6 Å². The largest absolute Gasteiger partial charge is 0.378 e. The van der Waals surface area contributed by atoms with Gasteiger partial charge < -0.3 is 10.1 Å². The van der Waals surface area contributed by atoms with E-state index in [0.29, 0.717) is 6.10 Å². The zero-order valence-electron chi connectivity index (χ0n) is 9.84. The third-order valence-electron chi connectivity index (χ3n) is 3.78. The van der Waals surface area contributed by atoms with E-state index in [4.69, 9.17) is 4.74 Å². The van der Waals surface area contributed by atoms with Crippen molar-refractivity contribution in [2.75, 3.05) is 13.2 Å². The van der Waals surface area contributed by atoms with Crippen LogP contribution in [0.1, 0.15) is 57.8 Å². The molecule has 1 unspecified atom stereocenters. The van der Waals surface area contributed by atoms with Crippen LogP contribution in [0.3, 0.4) is 0 Å². The number of rotatable bonds is 4. The highest BCUT2D eigenvalue weighted by atomic mass is 16.5. The molecule has 1 saturated heterocycles. The van der Waals surface area contributed by atoms with Crippen molar-refractivity contribution in [3.63, 3.8) is 0 Å². The fourth-order valence-electron chi connectivity index (χ4n) is 2.79. The average Bonchev–Trinajstić information content (AvgIpc) is 2.32. The Morgan fingerprint density at radius 1 is 0.933 bits per heavy atom. The van der Waals surface area contributed by atoms with Gasteiger partial charge in [0.1, 0.15) is 0 Å². The van der Waals surface area contributed by atoms with E-state index in [1.807, 2.05) is 0 Å². The summed E-state index contributed by atoms with van der Waals surface area (Å²) in [5.74, 6) is 0. The molecule has 2 nitrogen and oxygen atoms in total. The molecule has 0 aromatic carbocycles. The summed E-state index contributed by atoms with van der Waals surface area (Å²) in [4.78, 5) is 0. The zero-order chi connectivity index (χ0) is 10.3. The normalized spacial score (nSPS) is 29.2. The molecule has 1 N–H and O–H groups in total. The fraction of sp³-hybridized carbons (Fsp3) is 1.00. The molecule has 0 bridgehead atoms. The summed E-state index contributed by atoms with van der Waals surface area (Å²) in [6.07, 6.45) is 12.8. The second kappa shape index (κ2) is 6.49. The fourth-order valence-corrected chi connectivity index (χ4v) is 2.79. The first-order chi connectivity index (χ1) is 7.45. The lowest BCUT2D eigenvalue weighted by molar-refractivity contribution is 0.0110. The molecule has 1 heterocycles. The second-order valence-electron chi connectivity index (χ2n) is 5.07. The van der Waals surface area contributed by atoms with Gasteiger partial charge in [-0.25, -0.2) is 0 Å². The zero-order valence-corrected chi connectivity index (χ0v) is 9.84. The van der Waals surface area contributed by atoms with Gasteiger partial charge in [-0.15, -0.1) is 0 Å². The highest BCUT2D eigenvalue weighted by Crippen LogP contribution is 2.18. The van der Waals surface area contributed by atoms with Crippen molar-refractivity contribution < 1.29 is 4.74 Å². The molecule has 0 amide bonds. The van der Waals surface area contributed by atoms with Crippen molar-refractivity contribution in [2.24, 2.45) is 0 Å². The Labute approximate surface area is 93.8 Å². The summed E-state index contributed by atoms with van der Waals surface area (Å²) in [6, 6.07) is 0.808. The van der Waals surface area contributed by atoms with Crippen LogP contribution in [-0.4, -0.2) is 25.3 Å². The molecule has 0 radical (unpaired) electrons. The first-order valence-corrected chi connectivity index (χ1v) is 6.80. The van der Waals surface area contributed by atoms with Crippen LogP contribution in [0.15, 0.2) is 0 Å². The molecule has 2 aliphatic rings. The Kier molecular flexibility index (Phi) is 4.94. The Morgan fingerprint density at radius 2 is 1.73 bits per heavy atom. The predicted molar refractivity (Wildman–Crippen MR) is 63.1 cm³/mol. The minimum absolute atomic E-state index is 0.551. The van der Waals surface area contributed by atoms with Crippen LogP contribution in [0.4, 0.5) is 0 Å². The highest BCUT2D eigenvalue weighted by molar-refractivity contribution is 4.73. The predicted octanol–water partition coefficient (Wildman–Crippen LogP) is 2.87. The van der Waals surface area contributed by atoms with Crippen molar-refractivity contribution in [1.82, 2.24) is 5.32 Å². The molecule has 1 aliphatic heterocycles. The summed E-state index contributed by atoms with van der Waals surface area (Å²) >= 11 is 0. The lowest BCUT2D eigenvalue weighted by atomic mass is 9.95. The van der Waals surface area contributed by atoms with Crippen LogP contribution in [0.5, 0.6) is 0 Å². The van der Waals surface area contributed by atoms with Gasteiger partial charge in [-0.05, 0) is 45.1 Å². The maximum absolute atomic E-state index is 5.73. The number of ether oxygens (including phenoxy) is 1. The average molecular weight is 211 g/mol. The Bertz CT molecular complexity index is 142. The monoisotopic (exact) mass is 211 g/mol. The smallest absolute Gasteiger partial charge is 0.0587 e. The van der Waals surface area contributed by atoms with Crippen LogP contribution < -0.4 is 5.32 Å². The molecule has 1 saturated carbocycles. The maximum atomic E-state index is 5.73. The van der Waals surface area contributed by atoms with Gasteiger partial charge in [-0.3, -0.25) is 0 Å². The van der Waals surface area contributed by atoms with Crippen molar-refractivity contribution in [3.8, 4) is 0 Å². The highest BCUT2D eigenvalue weighted by Gasteiger charge is 2.15. The van der Waals surface area contributed by atoms with Gasteiger partial charge in [0.05, 0.1) is 6.10 Å². The molecule has 1 aliphatic carbocycles. The summed E-state index contributed by atoms with van der Waals surface area (Å²) in [6.45, 7) is 2.16. The molecule has 2 fully saturated rings. The third-order valence-corrected chi connectivity index (χ3v) is 3.78. The molecule has 0 spiro atoms. The van der Waals surface area contributed by atoms with Crippen LogP contribution >= 0.6 is 0 Å². The standard InChI is InChI=1S/C13H25NO/c1-2-6-12(7-3-1)14-10-9-13-8-4-5-11-15-13/h12-14H,1-11H2. The maximum Gasteiger partial charge on any atom is 0.0587 e. The Morgan fingerprint density at radius 3 is 2.47 bits per heavy atom. The SMILES string of the molecule is C1CCC(NCCC2CCCCO2)CC1. The number of hydrogen-bond donors (Lipinski definition) is 1. The van der Waals surface area contributed by atoms with Gasteiger partial charge >= 0.3 is 0 Å². The molecule has 0 aromatic heterocycles. The lowest BCUT2D eigenvalue weighted by Crippen LogP contribution is -2.34.